The predicted molar refractivity (Wildman–Crippen MR) is 72.3 cm³/mol. The molecule has 96 valence electrons. The molecule has 0 aromatic heterocycles. The van der Waals surface area contributed by atoms with E-state index in [1.165, 1.54) is 0 Å². The molecule has 2 aromatic carbocycles. The van der Waals surface area contributed by atoms with Crippen LogP contribution in [0.25, 0.3) is 0 Å². The second-order valence-corrected chi connectivity index (χ2v) is 3.96. The molecule has 0 aliphatic rings. The van der Waals surface area contributed by atoms with E-state index in [9.17, 15) is 0 Å². The predicted octanol–water partition coefficient (Wildman–Crippen LogP) is 2.69. The Labute approximate surface area is 112 Å². The van der Waals surface area contributed by atoms with E-state index in [0.717, 1.165) is 5.56 Å². The number of hydrogen-bond acceptors (Lipinski definition) is 4. The van der Waals surface area contributed by atoms with Crippen molar-refractivity contribution in [2.75, 3.05) is 12.5 Å². The molecule has 2 rings (SSSR count). The van der Waals surface area contributed by atoms with E-state index in [2.05, 4.69) is 0 Å². The molecule has 0 bridgehead atoms. The molecule has 0 spiro atoms. The standard InChI is InChI=1S/C15H14N2O2/c16-9-13-8-14(17)6-7-15(13)19-11-18-10-12-4-2-1-3-5-12/h1-8H,10-11,17H2. The van der Waals surface area contributed by atoms with Gasteiger partial charge >= 0.3 is 0 Å². The van der Waals surface area contributed by atoms with Gasteiger partial charge in [0.05, 0.1) is 12.2 Å². The number of nitrogens with two attached hydrogens (primary N) is 1. The monoisotopic (exact) mass is 254 g/mol. The Balaban J connectivity index is 1.85. The normalized spacial score (nSPS) is 9.84. The Kier molecular flexibility index (Phi) is 4.38. The molecule has 0 unspecified atom stereocenters. The van der Waals surface area contributed by atoms with Crippen LogP contribution in [0.2, 0.25) is 0 Å². The third kappa shape index (κ3) is 3.73. The highest BCUT2D eigenvalue weighted by atomic mass is 16.7. The molecule has 0 saturated heterocycles. The SMILES string of the molecule is N#Cc1cc(N)ccc1OCOCc1ccccc1. The summed E-state index contributed by atoms with van der Waals surface area (Å²) in [5.74, 6) is 0.477. The summed E-state index contributed by atoms with van der Waals surface area (Å²) in [6, 6.07) is 16.8. The highest BCUT2D eigenvalue weighted by Gasteiger charge is 2.03. The van der Waals surface area contributed by atoms with Gasteiger partial charge in [-0.05, 0) is 23.8 Å². The van der Waals surface area contributed by atoms with E-state index < -0.39 is 0 Å². The Hall–Kier alpha value is -2.51. The summed E-state index contributed by atoms with van der Waals surface area (Å²) in [7, 11) is 0. The lowest BCUT2D eigenvalue weighted by Gasteiger charge is -2.09. The molecular formula is C15H14N2O2. The van der Waals surface area contributed by atoms with Gasteiger partial charge in [0.1, 0.15) is 11.8 Å². The first kappa shape index (κ1) is 12.9. The first-order chi connectivity index (χ1) is 9.29. The summed E-state index contributed by atoms with van der Waals surface area (Å²) >= 11 is 0. The van der Waals surface area contributed by atoms with Crippen molar-refractivity contribution in [1.82, 2.24) is 0 Å². The number of ether oxygens (including phenoxy) is 2. The fourth-order valence-electron chi connectivity index (χ4n) is 1.60. The average Bonchev–Trinajstić information content (AvgIpc) is 2.46. The Morgan fingerprint density at radius 2 is 1.89 bits per heavy atom. The molecule has 0 radical (unpaired) electrons. The van der Waals surface area contributed by atoms with Crippen LogP contribution >= 0.6 is 0 Å². The second-order valence-electron chi connectivity index (χ2n) is 3.96. The molecule has 0 fully saturated rings. The Morgan fingerprint density at radius 3 is 2.63 bits per heavy atom. The van der Waals surface area contributed by atoms with Crippen molar-refractivity contribution in [3.63, 3.8) is 0 Å². The van der Waals surface area contributed by atoms with Gasteiger partial charge in [0.15, 0.2) is 6.79 Å². The Morgan fingerprint density at radius 1 is 1.11 bits per heavy atom. The molecule has 4 nitrogen and oxygen atoms in total. The lowest BCUT2D eigenvalue weighted by molar-refractivity contribution is 0.00490. The van der Waals surface area contributed by atoms with Gasteiger partial charge in [0.2, 0.25) is 0 Å². The summed E-state index contributed by atoms with van der Waals surface area (Å²) < 4.78 is 10.8. The smallest absolute Gasteiger partial charge is 0.189 e. The molecule has 0 aliphatic carbocycles. The van der Waals surface area contributed by atoms with Crippen molar-refractivity contribution in [2.24, 2.45) is 0 Å². The molecule has 0 heterocycles. The molecule has 0 saturated carbocycles. The zero-order valence-corrected chi connectivity index (χ0v) is 10.4. The summed E-state index contributed by atoms with van der Waals surface area (Å²) in [4.78, 5) is 0. The topological polar surface area (TPSA) is 68.3 Å². The van der Waals surface area contributed by atoms with Gasteiger partial charge in [-0.25, -0.2) is 0 Å². The van der Waals surface area contributed by atoms with Gasteiger partial charge in [0.25, 0.3) is 0 Å². The van der Waals surface area contributed by atoms with Crippen LogP contribution in [0.15, 0.2) is 48.5 Å². The molecule has 19 heavy (non-hydrogen) atoms. The van der Waals surface area contributed by atoms with Gasteiger partial charge in [0, 0.05) is 5.69 Å². The molecule has 4 heteroatoms. The highest BCUT2D eigenvalue weighted by Crippen LogP contribution is 2.20. The van der Waals surface area contributed by atoms with Crippen molar-refractivity contribution >= 4 is 5.69 Å². The summed E-state index contributed by atoms with van der Waals surface area (Å²) in [5, 5.41) is 8.95. The molecule has 0 amide bonds. The number of rotatable bonds is 5. The van der Waals surface area contributed by atoms with Gasteiger partial charge in [-0.15, -0.1) is 0 Å². The van der Waals surface area contributed by atoms with Crippen molar-refractivity contribution < 1.29 is 9.47 Å². The van der Waals surface area contributed by atoms with Crippen LogP contribution in [-0.4, -0.2) is 6.79 Å². The zero-order chi connectivity index (χ0) is 13.5. The van der Waals surface area contributed by atoms with Crippen molar-refractivity contribution in [1.29, 1.82) is 5.26 Å². The minimum absolute atomic E-state index is 0.0908. The molecule has 0 aliphatic heterocycles. The maximum atomic E-state index is 8.95. The number of anilines is 1. The largest absolute Gasteiger partial charge is 0.466 e. The van der Waals surface area contributed by atoms with E-state index in [-0.39, 0.29) is 6.79 Å². The highest BCUT2D eigenvalue weighted by molar-refractivity contribution is 5.53. The minimum atomic E-state index is 0.0908. The van der Waals surface area contributed by atoms with Gasteiger partial charge in [-0.3, -0.25) is 0 Å². The van der Waals surface area contributed by atoms with Crippen LogP contribution in [0.4, 0.5) is 5.69 Å². The number of nitrogens with zero attached hydrogens (tertiary/aromatic N) is 1. The number of benzene rings is 2. The van der Waals surface area contributed by atoms with Gasteiger partial charge < -0.3 is 15.2 Å². The van der Waals surface area contributed by atoms with Crippen LogP contribution in [-0.2, 0) is 11.3 Å². The molecule has 2 aromatic rings. The van der Waals surface area contributed by atoms with Gasteiger partial charge in [-0.1, -0.05) is 30.3 Å². The van der Waals surface area contributed by atoms with Gasteiger partial charge in [-0.2, -0.15) is 5.26 Å². The zero-order valence-electron chi connectivity index (χ0n) is 10.4. The maximum Gasteiger partial charge on any atom is 0.189 e. The van der Waals surface area contributed by atoms with E-state index in [0.29, 0.717) is 23.6 Å². The lowest BCUT2D eigenvalue weighted by Crippen LogP contribution is -2.04. The fourth-order valence-corrected chi connectivity index (χ4v) is 1.60. The van der Waals surface area contributed by atoms with E-state index in [1.807, 2.05) is 36.4 Å². The first-order valence-corrected chi connectivity index (χ1v) is 5.83. The average molecular weight is 254 g/mol. The van der Waals surface area contributed by atoms with E-state index >= 15 is 0 Å². The van der Waals surface area contributed by atoms with Crippen LogP contribution in [0, 0.1) is 11.3 Å². The van der Waals surface area contributed by atoms with Crippen molar-refractivity contribution in [2.45, 2.75) is 6.61 Å². The summed E-state index contributed by atoms with van der Waals surface area (Å²) in [5.41, 5.74) is 7.61. The third-order valence-electron chi connectivity index (χ3n) is 2.53. The summed E-state index contributed by atoms with van der Waals surface area (Å²) in [6.45, 7) is 0.561. The lowest BCUT2D eigenvalue weighted by atomic mass is 10.2. The number of nitriles is 1. The second kappa shape index (κ2) is 6.43. The summed E-state index contributed by atoms with van der Waals surface area (Å²) in [6.07, 6.45) is 0. The van der Waals surface area contributed by atoms with E-state index in [1.54, 1.807) is 18.2 Å². The van der Waals surface area contributed by atoms with E-state index in [4.69, 9.17) is 20.5 Å². The molecular weight excluding hydrogens is 240 g/mol. The third-order valence-corrected chi connectivity index (χ3v) is 2.53. The molecule has 2 N–H and O–H groups in total. The van der Waals surface area contributed by atoms with Crippen molar-refractivity contribution in [3.05, 3.63) is 59.7 Å². The van der Waals surface area contributed by atoms with Crippen LogP contribution in [0.3, 0.4) is 0 Å². The van der Waals surface area contributed by atoms with Crippen molar-refractivity contribution in [3.8, 4) is 11.8 Å². The fraction of sp³-hybridized carbons (Fsp3) is 0.133. The number of nitrogen functional groups attached to an aromatic ring is 1. The first-order valence-electron chi connectivity index (χ1n) is 5.83. The quantitative estimate of drug-likeness (QED) is 0.506. The number of hydrogen-bond donors (Lipinski definition) is 1. The minimum Gasteiger partial charge on any atom is -0.466 e. The van der Waals surface area contributed by atoms with Crippen LogP contribution in [0.1, 0.15) is 11.1 Å². The molecule has 0 atom stereocenters. The van der Waals surface area contributed by atoms with Crippen LogP contribution < -0.4 is 10.5 Å². The maximum absolute atomic E-state index is 8.95. The van der Waals surface area contributed by atoms with Crippen LogP contribution in [0.5, 0.6) is 5.75 Å². The Bertz CT molecular complexity index is 576.